The molecule has 0 spiro atoms. The summed E-state index contributed by atoms with van der Waals surface area (Å²) in [5.74, 6) is 5.98. The van der Waals surface area contributed by atoms with Crippen molar-refractivity contribution >= 4 is 21.8 Å². The van der Waals surface area contributed by atoms with Gasteiger partial charge in [-0.15, -0.1) is 11.8 Å². The molecule has 1 aliphatic rings. The molecule has 0 aromatic heterocycles. The molecule has 0 aromatic rings. The van der Waals surface area contributed by atoms with E-state index in [1.165, 1.54) is 0 Å². The molecule has 1 fully saturated rings. The molecule has 0 radical (unpaired) electrons. The second-order valence-corrected chi connectivity index (χ2v) is 3.86. The largest absolute Gasteiger partial charge is 0.341 e. The zero-order chi connectivity index (χ0) is 8.97. The number of alkyl halides is 1. The highest BCUT2D eigenvalue weighted by molar-refractivity contribution is 9.10. The molecule has 1 heterocycles. The van der Waals surface area contributed by atoms with Crippen LogP contribution in [-0.4, -0.2) is 28.7 Å². The van der Waals surface area contributed by atoms with E-state index < -0.39 is 0 Å². The molecule has 3 heteroatoms. The van der Waals surface area contributed by atoms with E-state index in [2.05, 4.69) is 27.8 Å². The molecule has 1 atom stereocenters. The van der Waals surface area contributed by atoms with E-state index in [9.17, 15) is 4.79 Å². The van der Waals surface area contributed by atoms with Gasteiger partial charge in [-0.25, -0.2) is 0 Å². The second-order valence-electron chi connectivity index (χ2n) is 2.76. The zero-order valence-corrected chi connectivity index (χ0v) is 8.73. The van der Waals surface area contributed by atoms with Gasteiger partial charge in [0.1, 0.15) is 0 Å². The zero-order valence-electron chi connectivity index (χ0n) is 7.14. The van der Waals surface area contributed by atoms with Crippen molar-refractivity contribution in [3.63, 3.8) is 0 Å². The lowest BCUT2D eigenvalue weighted by molar-refractivity contribution is -0.127. The first-order chi connectivity index (χ1) is 5.75. The summed E-state index contributed by atoms with van der Waals surface area (Å²) in [7, 11) is 0. The lowest BCUT2D eigenvalue weighted by Crippen LogP contribution is -2.28. The molecular weight excluding hydrogens is 218 g/mol. The van der Waals surface area contributed by atoms with Crippen molar-refractivity contribution in [2.75, 3.05) is 13.1 Å². The Kier molecular flexibility index (Phi) is 3.61. The van der Waals surface area contributed by atoms with Crippen molar-refractivity contribution in [3.05, 3.63) is 0 Å². The number of carbonyl (C=O) groups excluding carboxylic acids is 1. The lowest BCUT2D eigenvalue weighted by atomic mass is 10.4. The van der Waals surface area contributed by atoms with Crippen LogP contribution in [0, 0.1) is 11.8 Å². The summed E-state index contributed by atoms with van der Waals surface area (Å²) in [4.78, 5) is 13.2. The van der Waals surface area contributed by atoms with Crippen molar-refractivity contribution < 1.29 is 4.79 Å². The first-order valence-electron chi connectivity index (χ1n) is 4.08. The van der Waals surface area contributed by atoms with Gasteiger partial charge in [0.05, 0.1) is 4.83 Å². The van der Waals surface area contributed by atoms with Gasteiger partial charge in [-0.2, -0.15) is 0 Å². The summed E-state index contributed by atoms with van der Waals surface area (Å²) in [5.41, 5.74) is 0. The van der Waals surface area contributed by atoms with E-state index in [0.29, 0.717) is 0 Å². The number of nitrogens with zero attached hydrogens (tertiary/aromatic N) is 1. The smallest absolute Gasteiger partial charge is 0.236 e. The molecule has 1 saturated heterocycles. The van der Waals surface area contributed by atoms with Crippen LogP contribution < -0.4 is 0 Å². The molecule has 1 rings (SSSR count). The van der Waals surface area contributed by atoms with Crippen molar-refractivity contribution in [2.24, 2.45) is 0 Å². The fourth-order valence-electron chi connectivity index (χ4n) is 1.24. The number of carbonyl (C=O) groups is 1. The summed E-state index contributed by atoms with van der Waals surface area (Å²) < 4.78 is 0. The monoisotopic (exact) mass is 229 g/mol. The maximum absolute atomic E-state index is 11.3. The average Bonchev–Trinajstić information content (AvgIpc) is 2.36. The van der Waals surface area contributed by atoms with Gasteiger partial charge in [0, 0.05) is 19.5 Å². The highest BCUT2D eigenvalue weighted by Gasteiger charge is 2.28. The van der Waals surface area contributed by atoms with E-state index in [4.69, 9.17) is 0 Å². The highest BCUT2D eigenvalue weighted by Crippen LogP contribution is 2.17. The second kappa shape index (κ2) is 4.51. The van der Waals surface area contributed by atoms with Crippen LogP contribution in [0.4, 0.5) is 0 Å². The molecule has 2 nitrogen and oxygen atoms in total. The van der Waals surface area contributed by atoms with Crippen LogP contribution in [0.15, 0.2) is 0 Å². The van der Waals surface area contributed by atoms with E-state index in [1.807, 2.05) is 11.8 Å². The molecule has 0 N–H and O–H groups in total. The topological polar surface area (TPSA) is 20.3 Å². The molecule has 0 aromatic carbocycles. The van der Waals surface area contributed by atoms with Crippen LogP contribution in [-0.2, 0) is 4.79 Å². The predicted molar refractivity (Wildman–Crippen MR) is 52.0 cm³/mol. The van der Waals surface area contributed by atoms with Crippen LogP contribution in [0.5, 0.6) is 0 Å². The van der Waals surface area contributed by atoms with Gasteiger partial charge in [0.15, 0.2) is 0 Å². The predicted octanol–water partition coefficient (Wildman–Crippen LogP) is 1.40. The summed E-state index contributed by atoms with van der Waals surface area (Å²) in [6.45, 7) is 3.47. The third-order valence-electron chi connectivity index (χ3n) is 1.92. The van der Waals surface area contributed by atoms with Gasteiger partial charge in [-0.3, -0.25) is 4.79 Å². The minimum absolute atomic E-state index is 0.0482. The van der Waals surface area contributed by atoms with Crippen LogP contribution in [0.1, 0.15) is 19.8 Å². The third kappa shape index (κ3) is 2.25. The normalized spacial score (nSPS) is 22.3. The number of halogens is 1. The molecule has 12 heavy (non-hydrogen) atoms. The molecule has 0 saturated carbocycles. The van der Waals surface area contributed by atoms with Gasteiger partial charge in [-0.1, -0.05) is 15.9 Å². The van der Waals surface area contributed by atoms with E-state index in [1.54, 1.807) is 0 Å². The van der Waals surface area contributed by atoms with Gasteiger partial charge in [0.2, 0.25) is 5.91 Å². The molecular formula is C9H12BrNO. The number of rotatable bonds is 2. The fourth-order valence-corrected chi connectivity index (χ4v) is 1.73. The average molecular weight is 230 g/mol. The SMILES string of the molecule is CC#CCCN1CCC(Br)C1=O. The van der Waals surface area contributed by atoms with E-state index >= 15 is 0 Å². The number of hydrogen-bond donors (Lipinski definition) is 0. The number of hydrogen-bond acceptors (Lipinski definition) is 1. The van der Waals surface area contributed by atoms with Gasteiger partial charge >= 0.3 is 0 Å². The summed E-state index contributed by atoms with van der Waals surface area (Å²) in [6.07, 6.45) is 1.72. The highest BCUT2D eigenvalue weighted by atomic mass is 79.9. The lowest BCUT2D eigenvalue weighted by Gasteiger charge is -2.13. The Hall–Kier alpha value is -0.490. The summed E-state index contributed by atoms with van der Waals surface area (Å²) in [5, 5.41) is 0. The summed E-state index contributed by atoms with van der Waals surface area (Å²) >= 11 is 3.33. The number of amides is 1. The molecule has 1 aliphatic heterocycles. The molecule has 1 unspecified atom stereocenters. The Morgan fingerprint density at radius 1 is 1.75 bits per heavy atom. The maximum Gasteiger partial charge on any atom is 0.236 e. The van der Waals surface area contributed by atoms with E-state index in [0.717, 1.165) is 25.9 Å². The third-order valence-corrected chi connectivity index (χ3v) is 2.77. The quantitative estimate of drug-likeness (QED) is 0.518. The van der Waals surface area contributed by atoms with Crippen molar-refractivity contribution in [3.8, 4) is 11.8 Å². The van der Waals surface area contributed by atoms with Crippen molar-refractivity contribution in [2.45, 2.75) is 24.6 Å². The van der Waals surface area contributed by atoms with Crippen molar-refractivity contribution in [1.29, 1.82) is 0 Å². The van der Waals surface area contributed by atoms with Gasteiger partial charge in [0.25, 0.3) is 0 Å². The molecule has 1 amide bonds. The van der Waals surface area contributed by atoms with Crippen LogP contribution in [0.2, 0.25) is 0 Å². The minimum atomic E-state index is 0.0482. The van der Waals surface area contributed by atoms with Crippen LogP contribution in [0.25, 0.3) is 0 Å². The van der Waals surface area contributed by atoms with Gasteiger partial charge in [-0.05, 0) is 13.3 Å². The standard InChI is InChI=1S/C9H12BrNO/c1-2-3-4-6-11-7-5-8(10)9(11)12/h8H,4-7H2,1H3. The van der Waals surface area contributed by atoms with Crippen LogP contribution in [0.3, 0.4) is 0 Å². The first-order valence-corrected chi connectivity index (χ1v) is 4.99. The Labute approximate surface area is 81.4 Å². The Balaban J connectivity index is 2.32. The Bertz CT molecular complexity index is 228. The van der Waals surface area contributed by atoms with Gasteiger partial charge < -0.3 is 4.90 Å². The maximum atomic E-state index is 11.3. The Morgan fingerprint density at radius 2 is 2.50 bits per heavy atom. The Morgan fingerprint density at radius 3 is 3.00 bits per heavy atom. The fraction of sp³-hybridized carbons (Fsp3) is 0.667. The van der Waals surface area contributed by atoms with E-state index in [-0.39, 0.29) is 10.7 Å². The molecule has 0 aliphatic carbocycles. The van der Waals surface area contributed by atoms with Crippen LogP contribution >= 0.6 is 15.9 Å². The minimum Gasteiger partial charge on any atom is -0.341 e. The first kappa shape index (κ1) is 9.60. The van der Waals surface area contributed by atoms with Crippen molar-refractivity contribution in [1.82, 2.24) is 4.90 Å². The molecule has 0 bridgehead atoms. The molecule has 66 valence electrons. The number of likely N-dealkylation sites (tertiary alicyclic amines) is 1. The summed E-state index contributed by atoms with van der Waals surface area (Å²) in [6, 6.07) is 0.